The van der Waals surface area contributed by atoms with Crippen molar-refractivity contribution < 1.29 is 8.42 Å². The summed E-state index contributed by atoms with van der Waals surface area (Å²) < 4.78 is 25.8. The van der Waals surface area contributed by atoms with Gasteiger partial charge < -0.3 is 5.73 Å². The summed E-state index contributed by atoms with van der Waals surface area (Å²) in [5.74, 6) is 0.575. The van der Waals surface area contributed by atoms with Gasteiger partial charge in [0.25, 0.3) is 0 Å². The van der Waals surface area contributed by atoms with Crippen LogP contribution in [0.15, 0.2) is 11.1 Å². The van der Waals surface area contributed by atoms with Crippen LogP contribution in [0.4, 0.5) is 5.82 Å². The Hall–Kier alpha value is -1.08. The van der Waals surface area contributed by atoms with Crippen LogP contribution in [-0.4, -0.2) is 36.5 Å². The maximum Gasteiger partial charge on any atom is 0.248 e. The third-order valence-electron chi connectivity index (χ3n) is 3.31. The van der Waals surface area contributed by atoms with E-state index in [0.717, 1.165) is 12.8 Å². The van der Waals surface area contributed by atoms with Crippen molar-refractivity contribution in [3.8, 4) is 0 Å². The van der Waals surface area contributed by atoms with Gasteiger partial charge in [0.05, 0.1) is 6.20 Å². The van der Waals surface area contributed by atoms with Gasteiger partial charge in [0.15, 0.2) is 0 Å². The standard InChI is InChI=1S/C10H18N4O2S/c1-14(7-8-4-2-3-5-8)17(15,16)9-6-12-13-10(9)11/h6,8H,2-5,7H2,1H3,(H3,11,12,13). The lowest BCUT2D eigenvalue weighted by Crippen LogP contribution is -2.31. The molecule has 1 aromatic rings. The van der Waals surface area contributed by atoms with Gasteiger partial charge in [-0.2, -0.15) is 5.10 Å². The number of sulfonamides is 1. The molecule has 0 amide bonds. The lowest BCUT2D eigenvalue weighted by molar-refractivity contribution is 0.387. The zero-order valence-electron chi connectivity index (χ0n) is 9.89. The maximum atomic E-state index is 12.2. The number of nitrogens with zero attached hydrogens (tertiary/aromatic N) is 2. The molecular formula is C10H18N4O2S. The summed E-state index contributed by atoms with van der Waals surface area (Å²) in [6, 6.07) is 0. The van der Waals surface area contributed by atoms with E-state index in [2.05, 4.69) is 10.2 Å². The van der Waals surface area contributed by atoms with Crippen molar-refractivity contribution >= 4 is 15.8 Å². The molecular weight excluding hydrogens is 240 g/mol. The smallest absolute Gasteiger partial charge is 0.248 e. The third kappa shape index (κ3) is 2.44. The Morgan fingerprint density at radius 1 is 1.53 bits per heavy atom. The SMILES string of the molecule is CN(CC1CCCC1)S(=O)(=O)c1cn[nH]c1N. The number of nitrogens with two attached hydrogens (primary N) is 1. The highest BCUT2D eigenvalue weighted by molar-refractivity contribution is 7.89. The van der Waals surface area contributed by atoms with Crippen molar-refractivity contribution in [1.82, 2.24) is 14.5 Å². The average molecular weight is 258 g/mol. The molecule has 1 aliphatic carbocycles. The molecule has 1 aliphatic rings. The number of nitrogen functional groups attached to an aromatic ring is 1. The van der Waals surface area contributed by atoms with Crippen LogP contribution < -0.4 is 5.73 Å². The summed E-state index contributed by atoms with van der Waals surface area (Å²) in [7, 11) is -1.90. The number of H-pyrrole nitrogens is 1. The van der Waals surface area contributed by atoms with E-state index in [1.165, 1.54) is 23.3 Å². The zero-order chi connectivity index (χ0) is 12.5. The van der Waals surface area contributed by atoms with Crippen LogP contribution in [-0.2, 0) is 10.0 Å². The van der Waals surface area contributed by atoms with Crippen LogP contribution in [0.5, 0.6) is 0 Å². The molecule has 17 heavy (non-hydrogen) atoms. The van der Waals surface area contributed by atoms with E-state index < -0.39 is 10.0 Å². The summed E-state index contributed by atoms with van der Waals surface area (Å²) in [6.07, 6.45) is 5.88. The van der Waals surface area contributed by atoms with Crippen LogP contribution in [0, 0.1) is 5.92 Å². The minimum absolute atomic E-state index is 0.0676. The molecule has 0 aliphatic heterocycles. The number of hydrogen-bond acceptors (Lipinski definition) is 4. The summed E-state index contributed by atoms with van der Waals surface area (Å²) in [5.41, 5.74) is 5.55. The molecule has 7 heteroatoms. The van der Waals surface area contributed by atoms with Crippen molar-refractivity contribution in [2.24, 2.45) is 5.92 Å². The second kappa shape index (κ2) is 4.66. The predicted molar refractivity (Wildman–Crippen MR) is 64.8 cm³/mol. The molecule has 0 atom stereocenters. The molecule has 1 heterocycles. The molecule has 2 rings (SSSR count). The lowest BCUT2D eigenvalue weighted by atomic mass is 10.1. The Morgan fingerprint density at radius 2 is 2.18 bits per heavy atom. The van der Waals surface area contributed by atoms with Gasteiger partial charge in [0.1, 0.15) is 10.7 Å². The summed E-state index contributed by atoms with van der Waals surface area (Å²) >= 11 is 0. The number of rotatable bonds is 4. The molecule has 0 spiro atoms. The topological polar surface area (TPSA) is 92.1 Å². The van der Waals surface area contributed by atoms with Crippen molar-refractivity contribution in [2.75, 3.05) is 19.3 Å². The Bertz CT molecular complexity index is 476. The highest BCUT2D eigenvalue weighted by Crippen LogP contribution is 2.27. The van der Waals surface area contributed by atoms with E-state index in [9.17, 15) is 8.42 Å². The van der Waals surface area contributed by atoms with Crippen LogP contribution in [0.2, 0.25) is 0 Å². The number of nitrogens with one attached hydrogen (secondary N) is 1. The zero-order valence-corrected chi connectivity index (χ0v) is 10.7. The van der Waals surface area contributed by atoms with Gasteiger partial charge in [0, 0.05) is 13.6 Å². The van der Waals surface area contributed by atoms with E-state index in [-0.39, 0.29) is 10.7 Å². The molecule has 0 bridgehead atoms. The van der Waals surface area contributed by atoms with Crippen LogP contribution in [0.3, 0.4) is 0 Å². The van der Waals surface area contributed by atoms with Crippen molar-refractivity contribution in [3.63, 3.8) is 0 Å². The first-order valence-electron chi connectivity index (χ1n) is 5.77. The highest BCUT2D eigenvalue weighted by Gasteiger charge is 2.27. The predicted octanol–water partition coefficient (Wildman–Crippen LogP) is 0.803. The first-order chi connectivity index (χ1) is 8.01. The van der Waals surface area contributed by atoms with E-state index >= 15 is 0 Å². The van der Waals surface area contributed by atoms with Crippen LogP contribution >= 0.6 is 0 Å². The first kappa shape index (κ1) is 12.4. The Labute approximate surface area is 101 Å². The number of aromatic amines is 1. The molecule has 1 fully saturated rings. The normalized spacial score (nSPS) is 18.0. The summed E-state index contributed by atoms with van der Waals surface area (Å²) in [5, 5.41) is 6.09. The van der Waals surface area contributed by atoms with E-state index in [4.69, 9.17) is 5.73 Å². The molecule has 0 saturated heterocycles. The maximum absolute atomic E-state index is 12.2. The minimum atomic E-state index is -3.50. The Morgan fingerprint density at radius 3 is 2.71 bits per heavy atom. The van der Waals surface area contributed by atoms with Crippen molar-refractivity contribution in [1.29, 1.82) is 0 Å². The first-order valence-corrected chi connectivity index (χ1v) is 7.21. The minimum Gasteiger partial charge on any atom is -0.383 e. The lowest BCUT2D eigenvalue weighted by Gasteiger charge is -2.20. The van der Waals surface area contributed by atoms with E-state index in [0.29, 0.717) is 12.5 Å². The Kier molecular flexibility index (Phi) is 3.39. The van der Waals surface area contributed by atoms with E-state index in [1.54, 1.807) is 7.05 Å². The second-order valence-corrected chi connectivity index (χ2v) is 6.60. The Balaban J connectivity index is 2.12. The van der Waals surface area contributed by atoms with Gasteiger partial charge in [-0.15, -0.1) is 0 Å². The monoisotopic (exact) mass is 258 g/mol. The molecule has 3 N–H and O–H groups in total. The van der Waals surface area contributed by atoms with Gasteiger partial charge in [-0.25, -0.2) is 12.7 Å². The van der Waals surface area contributed by atoms with Crippen LogP contribution in [0.1, 0.15) is 25.7 Å². The van der Waals surface area contributed by atoms with Gasteiger partial charge in [-0.1, -0.05) is 12.8 Å². The molecule has 1 saturated carbocycles. The number of aromatic nitrogens is 2. The fraction of sp³-hybridized carbons (Fsp3) is 0.700. The van der Waals surface area contributed by atoms with Crippen molar-refractivity contribution in [3.05, 3.63) is 6.20 Å². The third-order valence-corrected chi connectivity index (χ3v) is 5.16. The van der Waals surface area contributed by atoms with Crippen molar-refractivity contribution in [2.45, 2.75) is 30.6 Å². The quantitative estimate of drug-likeness (QED) is 0.835. The molecule has 96 valence electrons. The fourth-order valence-corrected chi connectivity index (χ4v) is 3.57. The average Bonchev–Trinajstić information content (AvgIpc) is 2.89. The van der Waals surface area contributed by atoms with E-state index in [1.807, 2.05) is 0 Å². The summed E-state index contributed by atoms with van der Waals surface area (Å²) in [6.45, 7) is 0.562. The molecule has 1 aromatic heterocycles. The summed E-state index contributed by atoms with van der Waals surface area (Å²) in [4.78, 5) is 0.0676. The highest BCUT2D eigenvalue weighted by atomic mass is 32.2. The molecule has 0 radical (unpaired) electrons. The van der Waals surface area contributed by atoms with Crippen LogP contribution in [0.25, 0.3) is 0 Å². The molecule has 6 nitrogen and oxygen atoms in total. The van der Waals surface area contributed by atoms with Gasteiger partial charge in [-0.3, -0.25) is 5.10 Å². The number of anilines is 1. The number of hydrogen-bond donors (Lipinski definition) is 2. The van der Waals surface area contributed by atoms with Gasteiger partial charge >= 0.3 is 0 Å². The van der Waals surface area contributed by atoms with Gasteiger partial charge in [-0.05, 0) is 18.8 Å². The largest absolute Gasteiger partial charge is 0.383 e. The molecule has 0 aromatic carbocycles. The fourth-order valence-electron chi connectivity index (χ4n) is 2.31. The second-order valence-electron chi connectivity index (χ2n) is 4.58. The van der Waals surface area contributed by atoms with Gasteiger partial charge in [0.2, 0.25) is 10.0 Å². The molecule has 0 unspecified atom stereocenters.